The first-order valence-corrected chi connectivity index (χ1v) is 11.2. The first-order valence-electron chi connectivity index (χ1n) is 11.2. The SMILES string of the molecule is CCCC[C@H](NC(=O)OCc1ccccc1)C(=O)NN1C(=O)c2cccc3cccc(c23)C1=O. The van der Waals surface area contributed by atoms with Crippen LogP contribution in [-0.4, -0.2) is 34.9 Å². The van der Waals surface area contributed by atoms with Gasteiger partial charge < -0.3 is 10.1 Å². The Hall–Kier alpha value is -4.20. The second-order valence-corrected chi connectivity index (χ2v) is 8.03. The molecule has 174 valence electrons. The summed E-state index contributed by atoms with van der Waals surface area (Å²) in [6.45, 7) is 2.01. The molecule has 0 unspecified atom stereocenters. The van der Waals surface area contributed by atoms with E-state index >= 15 is 0 Å². The van der Waals surface area contributed by atoms with Gasteiger partial charge in [0.25, 0.3) is 17.7 Å². The number of benzene rings is 3. The fourth-order valence-corrected chi connectivity index (χ4v) is 3.90. The number of carbonyl (C=O) groups excluding carboxylic acids is 4. The molecule has 34 heavy (non-hydrogen) atoms. The highest BCUT2D eigenvalue weighted by atomic mass is 16.5. The van der Waals surface area contributed by atoms with Crippen LogP contribution in [0.25, 0.3) is 10.8 Å². The molecule has 4 amide bonds. The molecule has 0 aromatic heterocycles. The molecule has 1 aliphatic rings. The van der Waals surface area contributed by atoms with Crippen LogP contribution in [0.15, 0.2) is 66.7 Å². The molecule has 8 nitrogen and oxygen atoms in total. The summed E-state index contributed by atoms with van der Waals surface area (Å²) in [6.07, 6.45) is 1.01. The van der Waals surface area contributed by atoms with E-state index in [0.717, 1.165) is 22.4 Å². The van der Waals surface area contributed by atoms with E-state index in [1.807, 2.05) is 49.4 Å². The Bertz CT molecular complexity index is 1190. The average molecular weight is 460 g/mol. The number of amides is 4. The Morgan fingerprint density at radius 1 is 0.912 bits per heavy atom. The van der Waals surface area contributed by atoms with Gasteiger partial charge in [-0.3, -0.25) is 19.8 Å². The highest BCUT2D eigenvalue weighted by Gasteiger charge is 2.35. The monoisotopic (exact) mass is 459 g/mol. The molecule has 3 aromatic rings. The van der Waals surface area contributed by atoms with Crippen LogP contribution in [0.1, 0.15) is 52.5 Å². The van der Waals surface area contributed by atoms with Crippen molar-refractivity contribution in [3.8, 4) is 0 Å². The number of hydrogen-bond donors (Lipinski definition) is 2. The van der Waals surface area contributed by atoms with Crippen LogP contribution in [0, 0.1) is 0 Å². The molecule has 3 aromatic carbocycles. The molecule has 1 heterocycles. The van der Waals surface area contributed by atoms with E-state index in [2.05, 4.69) is 10.7 Å². The van der Waals surface area contributed by atoms with Gasteiger partial charge in [-0.15, -0.1) is 0 Å². The second-order valence-electron chi connectivity index (χ2n) is 8.03. The van der Waals surface area contributed by atoms with Crippen molar-refractivity contribution < 1.29 is 23.9 Å². The molecule has 0 fully saturated rings. The third-order valence-corrected chi connectivity index (χ3v) is 5.66. The average Bonchev–Trinajstić information content (AvgIpc) is 2.86. The Balaban J connectivity index is 1.47. The van der Waals surface area contributed by atoms with Crippen LogP contribution in [-0.2, 0) is 16.1 Å². The van der Waals surface area contributed by atoms with E-state index < -0.39 is 29.9 Å². The summed E-state index contributed by atoms with van der Waals surface area (Å²) >= 11 is 0. The fraction of sp³-hybridized carbons (Fsp3) is 0.231. The molecule has 2 N–H and O–H groups in total. The third kappa shape index (κ3) is 4.76. The quantitative estimate of drug-likeness (QED) is 0.496. The van der Waals surface area contributed by atoms with Crippen LogP contribution in [0.5, 0.6) is 0 Å². The van der Waals surface area contributed by atoms with Crippen molar-refractivity contribution in [1.82, 2.24) is 15.8 Å². The number of nitrogens with one attached hydrogen (secondary N) is 2. The molecule has 0 radical (unpaired) electrons. The topological polar surface area (TPSA) is 105 Å². The molecular weight excluding hydrogens is 434 g/mol. The highest BCUT2D eigenvalue weighted by molar-refractivity contribution is 6.25. The molecule has 0 spiro atoms. The molecule has 8 heteroatoms. The standard InChI is InChI=1S/C26H25N3O5/c1-2-3-15-21(27-26(33)34-16-17-9-5-4-6-10-17)23(30)28-29-24(31)19-13-7-11-18-12-8-14-20(22(18)19)25(29)32/h4-14,21H,2-3,15-16H2,1H3,(H,27,33)(H,28,30)/t21-/m0/s1. The zero-order chi connectivity index (χ0) is 24.1. The van der Waals surface area contributed by atoms with Gasteiger partial charge in [0.2, 0.25) is 0 Å². The molecule has 0 bridgehead atoms. The molecule has 1 aliphatic heterocycles. The number of hydrogen-bond acceptors (Lipinski definition) is 5. The van der Waals surface area contributed by atoms with E-state index in [4.69, 9.17) is 4.74 Å². The summed E-state index contributed by atoms with van der Waals surface area (Å²) in [6, 6.07) is 18.5. The van der Waals surface area contributed by atoms with Gasteiger partial charge in [-0.1, -0.05) is 74.4 Å². The third-order valence-electron chi connectivity index (χ3n) is 5.66. The summed E-state index contributed by atoms with van der Waals surface area (Å²) in [4.78, 5) is 51.5. The van der Waals surface area contributed by atoms with E-state index in [1.165, 1.54) is 0 Å². The van der Waals surface area contributed by atoms with Crippen molar-refractivity contribution in [1.29, 1.82) is 0 Å². The first kappa shape index (κ1) is 23.0. The zero-order valence-electron chi connectivity index (χ0n) is 18.7. The molecule has 0 saturated carbocycles. The number of imide groups is 1. The van der Waals surface area contributed by atoms with Crippen LogP contribution in [0.3, 0.4) is 0 Å². The van der Waals surface area contributed by atoms with Gasteiger partial charge in [-0.05, 0) is 29.5 Å². The van der Waals surface area contributed by atoms with Gasteiger partial charge in [0.1, 0.15) is 12.6 Å². The van der Waals surface area contributed by atoms with Crippen molar-refractivity contribution in [2.24, 2.45) is 0 Å². The second kappa shape index (κ2) is 10.2. The molecule has 0 aliphatic carbocycles. The fourth-order valence-electron chi connectivity index (χ4n) is 3.90. The molecular formula is C26H25N3O5. The van der Waals surface area contributed by atoms with Gasteiger partial charge in [0, 0.05) is 5.39 Å². The predicted octanol–water partition coefficient (Wildman–Crippen LogP) is 3.95. The van der Waals surface area contributed by atoms with Gasteiger partial charge in [0.05, 0.1) is 11.1 Å². The Kier molecular flexibility index (Phi) is 6.87. The minimum absolute atomic E-state index is 0.0542. The lowest BCUT2D eigenvalue weighted by molar-refractivity contribution is -0.126. The van der Waals surface area contributed by atoms with E-state index in [1.54, 1.807) is 24.3 Å². The Morgan fingerprint density at radius 3 is 2.18 bits per heavy atom. The van der Waals surface area contributed by atoms with E-state index in [-0.39, 0.29) is 6.61 Å². The smallest absolute Gasteiger partial charge is 0.408 e. The van der Waals surface area contributed by atoms with Crippen LogP contribution >= 0.6 is 0 Å². The summed E-state index contributed by atoms with van der Waals surface area (Å²) < 4.78 is 5.23. The molecule has 4 rings (SSSR count). The number of rotatable bonds is 8. The van der Waals surface area contributed by atoms with Crippen molar-refractivity contribution in [2.45, 2.75) is 38.8 Å². The first-order chi connectivity index (χ1) is 16.5. The van der Waals surface area contributed by atoms with E-state index in [0.29, 0.717) is 29.4 Å². The lowest BCUT2D eigenvalue weighted by atomic mass is 9.95. The van der Waals surface area contributed by atoms with Gasteiger partial charge in [-0.2, -0.15) is 5.01 Å². The molecule has 1 atom stereocenters. The van der Waals surface area contributed by atoms with E-state index in [9.17, 15) is 19.2 Å². The number of nitrogens with zero attached hydrogens (tertiary/aromatic N) is 1. The number of unbranched alkanes of at least 4 members (excludes halogenated alkanes) is 1. The maximum atomic E-state index is 13.0. The number of hydrazine groups is 1. The van der Waals surface area contributed by atoms with Crippen LogP contribution in [0.4, 0.5) is 4.79 Å². The minimum atomic E-state index is -0.975. The Labute approximate surface area is 196 Å². The van der Waals surface area contributed by atoms with Gasteiger partial charge in [-0.25, -0.2) is 4.79 Å². The predicted molar refractivity (Wildman–Crippen MR) is 126 cm³/mol. The minimum Gasteiger partial charge on any atom is -0.445 e. The normalized spacial score (nSPS) is 13.5. The molecule has 0 saturated heterocycles. The lowest BCUT2D eigenvalue weighted by Crippen LogP contribution is -2.57. The summed E-state index contributed by atoms with van der Waals surface area (Å²) in [5, 5.41) is 4.61. The summed E-state index contributed by atoms with van der Waals surface area (Å²) in [5.74, 6) is -1.91. The zero-order valence-corrected chi connectivity index (χ0v) is 18.7. The highest BCUT2D eigenvalue weighted by Crippen LogP contribution is 2.29. The lowest BCUT2D eigenvalue weighted by Gasteiger charge is -2.28. The number of ether oxygens (including phenoxy) is 1. The van der Waals surface area contributed by atoms with Crippen molar-refractivity contribution >= 4 is 34.6 Å². The van der Waals surface area contributed by atoms with Crippen LogP contribution < -0.4 is 10.7 Å². The number of alkyl carbamates (subject to hydrolysis) is 1. The van der Waals surface area contributed by atoms with Gasteiger partial charge in [0.15, 0.2) is 0 Å². The van der Waals surface area contributed by atoms with Crippen molar-refractivity contribution in [3.05, 3.63) is 83.4 Å². The Morgan fingerprint density at radius 2 is 1.56 bits per heavy atom. The van der Waals surface area contributed by atoms with Crippen molar-refractivity contribution in [2.75, 3.05) is 0 Å². The maximum Gasteiger partial charge on any atom is 0.408 e. The summed E-state index contributed by atoms with van der Waals surface area (Å²) in [5.41, 5.74) is 3.88. The van der Waals surface area contributed by atoms with Gasteiger partial charge >= 0.3 is 6.09 Å². The number of carbonyl (C=O) groups is 4. The largest absolute Gasteiger partial charge is 0.445 e. The van der Waals surface area contributed by atoms with Crippen molar-refractivity contribution in [3.63, 3.8) is 0 Å². The van der Waals surface area contributed by atoms with Crippen LogP contribution in [0.2, 0.25) is 0 Å². The maximum absolute atomic E-state index is 13.0. The summed E-state index contributed by atoms with van der Waals surface area (Å²) in [7, 11) is 0.